The molecule has 4 nitrogen and oxygen atoms in total. The summed E-state index contributed by atoms with van der Waals surface area (Å²) < 4.78 is 0. The maximum absolute atomic E-state index is 12.6. The van der Waals surface area contributed by atoms with Crippen molar-refractivity contribution in [3.8, 4) is 0 Å². The molecule has 0 bridgehead atoms. The first-order chi connectivity index (χ1) is 10.1. The summed E-state index contributed by atoms with van der Waals surface area (Å²) in [4.78, 5) is 17.0. The molecule has 2 fully saturated rings. The zero-order valence-corrected chi connectivity index (χ0v) is 15.1. The third-order valence-electron chi connectivity index (χ3n) is 5.51. The van der Waals surface area contributed by atoms with E-state index in [1.54, 1.807) is 0 Å². The summed E-state index contributed by atoms with van der Waals surface area (Å²) in [6.07, 6.45) is 9.62. The minimum absolute atomic E-state index is 0. The molecule has 1 heterocycles. The Hall–Kier alpha value is -0.320. The van der Waals surface area contributed by atoms with Crippen LogP contribution in [0.4, 0.5) is 0 Å². The van der Waals surface area contributed by atoms with Crippen LogP contribution >= 0.6 is 12.4 Å². The fourth-order valence-corrected chi connectivity index (χ4v) is 3.91. The standard InChI is InChI=1S/C17H33N3O.ClH/c1-14-6-8-15(9-7-14)19(2)17(21)13-20-12-4-3-5-16(20)10-11-18;/h14-16H,3-13,18H2,1-2H3;1H. The summed E-state index contributed by atoms with van der Waals surface area (Å²) >= 11 is 0. The van der Waals surface area contributed by atoms with Crippen molar-refractivity contribution in [2.24, 2.45) is 11.7 Å². The number of piperidine rings is 1. The second-order valence-corrected chi connectivity index (χ2v) is 7.12. The summed E-state index contributed by atoms with van der Waals surface area (Å²) in [5.74, 6) is 1.14. The number of nitrogens with zero attached hydrogens (tertiary/aromatic N) is 2. The number of likely N-dealkylation sites (N-methyl/N-ethyl adjacent to an activating group) is 1. The zero-order chi connectivity index (χ0) is 15.2. The Kier molecular flexibility index (Phi) is 8.73. The van der Waals surface area contributed by atoms with Crippen molar-refractivity contribution < 1.29 is 4.79 Å². The highest BCUT2D eigenvalue weighted by Crippen LogP contribution is 2.27. The van der Waals surface area contributed by atoms with Crippen LogP contribution in [0.25, 0.3) is 0 Å². The van der Waals surface area contributed by atoms with Crippen molar-refractivity contribution in [3.63, 3.8) is 0 Å². The number of halogens is 1. The van der Waals surface area contributed by atoms with Crippen LogP contribution in [-0.4, -0.2) is 54.5 Å². The van der Waals surface area contributed by atoms with Gasteiger partial charge >= 0.3 is 0 Å². The Morgan fingerprint density at radius 3 is 2.50 bits per heavy atom. The van der Waals surface area contributed by atoms with Crippen molar-refractivity contribution in [2.45, 2.75) is 70.4 Å². The highest BCUT2D eigenvalue weighted by Gasteiger charge is 2.28. The van der Waals surface area contributed by atoms with Gasteiger partial charge in [0, 0.05) is 19.1 Å². The molecule has 130 valence electrons. The number of hydrogen-bond acceptors (Lipinski definition) is 3. The Morgan fingerprint density at radius 1 is 1.18 bits per heavy atom. The van der Waals surface area contributed by atoms with Gasteiger partial charge in [0.15, 0.2) is 0 Å². The molecular formula is C17H34ClN3O. The average molecular weight is 332 g/mol. The minimum Gasteiger partial charge on any atom is -0.342 e. The number of likely N-dealkylation sites (tertiary alicyclic amines) is 1. The number of amides is 1. The smallest absolute Gasteiger partial charge is 0.236 e. The Balaban J connectivity index is 0.00000242. The lowest BCUT2D eigenvalue weighted by Crippen LogP contribution is -2.49. The fraction of sp³-hybridized carbons (Fsp3) is 0.941. The van der Waals surface area contributed by atoms with Gasteiger partial charge in [0.2, 0.25) is 5.91 Å². The predicted octanol–water partition coefficient (Wildman–Crippen LogP) is 2.65. The van der Waals surface area contributed by atoms with E-state index in [4.69, 9.17) is 5.73 Å². The van der Waals surface area contributed by atoms with Gasteiger partial charge in [-0.05, 0) is 64.0 Å². The molecular weight excluding hydrogens is 298 g/mol. The first-order valence-corrected chi connectivity index (χ1v) is 8.81. The highest BCUT2D eigenvalue weighted by molar-refractivity contribution is 5.85. The average Bonchev–Trinajstić information content (AvgIpc) is 2.49. The molecule has 1 amide bonds. The largest absolute Gasteiger partial charge is 0.342 e. The van der Waals surface area contributed by atoms with Crippen molar-refractivity contribution in [3.05, 3.63) is 0 Å². The Labute approximate surface area is 142 Å². The Bertz CT molecular complexity index is 330. The summed E-state index contributed by atoms with van der Waals surface area (Å²) in [7, 11) is 2.00. The van der Waals surface area contributed by atoms with Gasteiger partial charge in [0.1, 0.15) is 0 Å². The molecule has 1 unspecified atom stereocenters. The van der Waals surface area contributed by atoms with Crippen molar-refractivity contribution in [1.29, 1.82) is 0 Å². The summed E-state index contributed by atoms with van der Waals surface area (Å²) in [6, 6.07) is 0.985. The zero-order valence-electron chi connectivity index (χ0n) is 14.3. The lowest BCUT2D eigenvalue weighted by molar-refractivity contribution is -0.135. The quantitative estimate of drug-likeness (QED) is 0.842. The van der Waals surface area contributed by atoms with Crippen LogP contribution < -0.4 is 5.73 Å². The number of rotatable bonds is 5. The van der Waals surface area contributed by atoms with Crippen LogP contribution in [0.2, 0.25) is 0 Å². The topological polar surface area (TPSA) is 49.6 Å². The van der Waals surface area contributed by atoms with Gasteiger partial charge in [-0.3, -0.25) is 9.69 Å². The maximum Gasteiger partial charge on any atom is 0.236 e. The highest BCUT2D eigenvalue weighted by atomic mass is 35.5. The first kappa shape index (κ1) is 19.7. The van der Waals surface area contributed by atoms with Crippen LogP contribution in [0, 0.1) is 5.92 Å². The van der Waals surface area contributed by atoms with E-state index >= 15 is 0 Å². The third kappa shape index (κ3) is 5.39. The molecule has 2 N–H and O–H groups in total. The molecule has 1 atom stereocenters. The molecule has 0 radical (unpaired) electrons. The molecule has 1 saturated carbocycles. The van der Waals surface area contributed by atoms with Crippen LogP contribution in [0.1, 0.15) is 58.3 Å². The summed E-state index contributed by atoms with van der Waals surface area (Å²) in [5, 5.41) is 0. The number of nitrogens with two attached hydrogens (primary N) is 1. The van der Waals surface area contributed by atoms with Crippen LogP contribution in [0.3, 0.4) is 0 Å². The molecule has 0 aromatic rings. The second-order valence-electron chi connectivity index (χ2n) is 7.12. The van der Waals surface area contributed by atoms with Gasteiger partial charge in [0.05, 0.1) is 6.54 Å². The number of hydrogen-bond donors (Lipinski definition) is 1. The summed E-state index contributed by atoms with van der Waals surface area (Å²) in [6.45, 7) is 4.70. The fourth-order valence-electron chi connectivity index (χ4n) is 3.91. The van der Waals surface area contributed by atoms with E-state index in [9.17, 15) is 4.79 Å². The Morgan fingerprint density at radius 2 is 1.86 bits per heavy atom. The lowest BCUT2D eigenvalue weighted by Gasteiger charge is -2.38. The van der Waals surface area contributed by atoms with Crippen molar-refractivity contribution in [1.82, 2.24) is 9.80 Å². The molecule has 0 spiro atoms. The van der Waals surface area contributed by atoms with Gasteiger partial charge in [-0.25, -0.2) is 0 Å². The molecule has 22 heavy (non-hydrogen) atoms. The molecule has 0 aromatic carbocycles. The SMILES string of the molecule is CC1CCC(N(C)C(=O)CN2CCCCC2CCN)CC1.Cl. The van der Waals surface area contributed by atoms with Gasteiger partial charge in [0.25, 0.3) is 0 Å². The van der Waals surface area contributed by atoms with Gasteiger partial charge in [-0.15, -0.1) is 12.4 Å². The monoisotopic (exact) mass is 331 g/mol. The number of carbonyl (C=O) groups is 1. The molecule has 1 saturated heterocycles. The molecule has 0 aromatic heterocycles. The van der Waals surface area contributed by atoms with E-state index in [1.165, 1.54) is 44.9 Å². The summed E-state index contributed by atoms with van der Waals surface area (Å²) in [5.41, 5.74) is 5.72. The molecule has 2 aliphatic rings. The van der Waals surface area contributed by atoms with Crippen molar-refractivity contribution in [2.75, 3.05) is 26.7 Å². The van der Waals surface area contributed by atoms with Gasteiger partial charge in [-0.2, -0.15) is 0 Å². The van der Waals surface area contributed by atoms with Gasteiger partial charge < -0.3 is 10.6 Å². The number of carbonyl (C=O) groups excluding carboxylic acids is 1. The van der Waals surface area contributed by atoms with E-state index in [0.717, 1.165) is 25.4 Å². The molecule has 1 aliphatic heterocycles. The van der Waals surface area contributed by atoms with Crippen LogP contribution in [0.5, 0.6) is 0 Å². The normalized spacial score (nSPS) is 29.7. The first-order valence-electron chi connectivity index (χ1n) is 8.81. The van der Waals surface area contributed by atoms with Gasteiger partial charge in [-0.1, -0.05) is 13.3 Å². The molecule has 5 heteroatoms. The second kappa shape index (κ2) is 9.74. The van der Waals surface area contributed by atoms with E-state index < -0.39 is 0 Å². The molecule has 1 aliphatic carbocycles. The van der Waals surface area contributed by atoms with Crippen molar-refractivity contribution >= 4 is 18.3 Å². The predicted molar refractivity (Wildman–Crippen MR) is 94.3 cm³/mol. The minimum atomic E-state index is 0. The third-order valence-corrected chi connectivity index (χ3v) is 5.51. The van der Waals surface area contributed by atoms with Crippen LogP contribution in [0.15, 0.2) is 0 Å². The van der Waals surface area contributed by atoms with E-state index in [2.05, 4.69) is 11.8 Å². The van der Waals surface area contributed by atoms with E-state index in [-0.39, 0.29) is 12.4 Å². The van der Waals surface area contributed by atoms with E-state index in [1.807, 2.05) is 11.9 Å². The molecule has 2 rings (SSSR count). The van der Waals surface area contributed by atoms with Crippen LogP contribution in [-0.2, 0) is 4.79 Å². The van der Waals surface area contributed by atoms with E-state index in [0.29, 0.717) is 24.5 Å². The lowest BCUT2D eigenvalue weighted by atomic mass is 9.87. The maximum atomic E-state index is 12.6.